The summed E-state index contributed by atoms with van der Waals surface area (Å²) >= 11 is 0. The molecule has 2 N–H and O–H groups in total. The van der Waals surface area contributed by atoms with E-state index in [0.717, 1.165) is 24.5 Å². The molecule has 0 aromatic carbocycles. The van der Waals surface area contributed by atoms with Gasteiger partial charge >= 0.3 is 0 Å². The number of hydrogen-bond donors (Lipinski definition) is 2. The fourth-order valence-electron chi connectivity index (χ4n) is 4.09. The highest BCUT2D eigenvalue weighted by atomic mass is 19.3. The van der Waals surface area contributed by atoms with Crippen LogP contribution >= 0.6 is 0 Å². The van der Waals surface area contributed by atoms with Crippen molar-refractivity contribution in [2.75, 3.05) is 56.2 Å². The van der Waals surface area contributed by atoms with E-state index in [4.69, 9.17) is 9.72 Å². The molecule has 0 radical (unpaired) electrons. The Balaban J connectivity index is 1.41. The van der Waals surface area contributed by atoms with Gasteiger partial charge in [0, 0.05) is 63.3 Å². The van der Waals surface area contributed by atoms with Gasteiger partial charge in [0.15, 0.2) is 5.82 Å². The van der Waals surface area contributed by atoms with Crippen molar-refractivity contribution in [2.24, 2.45) is 5.92 Å². The van der Waals surface area contributed by atoms with Gasteiger partial charge in [0.2, 0.25) is 0 Å². The average Bonchev–Trinajstić information content (AvgIpc) is 2.83. The Morgan fingerprint density at radius 2 is 2.00 bits per heavy atom. The molecule has 8 nitrogen and oxygen atoms in total. The third kappa shape index (κ3) is 4.33. The molecule has 2 saturated heterocycles. The van der Waals surface area contributed by atoms with Crippen molar-refractivity contribution in [2.45, 2.75) is 12.3 Å². The molecule has 2 aliphatic heterocycles. The summed E-state index contributed by atoms with van der Waals surface area (Å²) < 4.78 is 33.9. The first-order valence-corrected chi connectivity index (χ1v) is 10.8. The number of rotatable bonds is 5. The normalized spacial score (nSPS) is 20.9. The monoisotopic (exact) mass is 441 g/mol. The molecule has 0 unspecified atom stereocenters. The Morgan fingerprint density at radius 3 is 2.78 bits per heavy atom. The van der Waals surface area contributed by atoms with Crippen LogP contribution in [0.25, 0.3) is 22.3 Å². The van der Waals surface area contributed by atoms with Gasteiger partial charge in [-0.3, -0.25) is 4.98 Å². The van der Waals surface area contributed by atoms with Gasteiger partial charge < -0.3 is 20.3 Å². The second-order valence-corrected chi connectivity index (χ2v) is 8.08. The lowest BCUT2D eigenvalue weighted by molar-refractivity contribution is -0.0728. The molecule has 0 bridgehead atoms. The van der Waals surface area contributed by atoms with Crippen LogP contribution in [0.5, 0.6) is 0 Å². The van der Waals surface area contributed by atoms with Gasteiger partial charge in [-0.1, -0.05) is 0 Å². The minimum atomic E-state index is -2.71. The molecular weight excluding hydrogens is 416 g/mol. The van der Waals surface area contributed by atoms with Crippen molar-refractivity contribution in [1.82, 2.24) is 25.3 Å². The summed E-state index contributed by atoms with van der Waals surface area (Å²) in [6, 6.07) is 5.77. The number of piperidine rings is 1. The molecule has 3 aromatic rings. The molecule has 0 spiro atoms. The molecule has 168 valence electrons. The molecule has 0 saturated carbocycles. The van der Waals surface area contributed by atoms with E-state index < -0.39 is 11.8 Å². The third-order valence-electron chi connectivity index (χ3n) is 5.97. The number of alkyl halides is 2. The summed E-state index contributed by atoms with van der Waals surface area (Å²) in [7, 11) is 0. The van der Waals surface area contributed by atoms with Crippen molar-refractivity contribution in [3.8, 4) is 11.3 Å². The number of nitrogens with one attached hydrogen (secondary N) is 2. The first-order chi connectivity index (χ1) is 15.6. The number of nitrogens with zero attached hydrogens (tertiary/aromatic N) is 5. The van der Waals surface area contributed by atoms with E-state index in [1.807, 2.05) is 18.2 Å². The van der Waals surface area contributed by atoms with E-state index in [1.54, 1.807) is 18.6 Å². The Hall–Kier alpha value is -2.98. The van der Waals surface area contributed by atoms with Crippen LogP contribution in [0, 0.1) is 5.92 Å². The number of hydrogen-bond acceptors (Lipinski definition) is 8. The van der Waals surface area contributed by atoms with Crippen LogP contribution < -0.4 is 15.5 Å². The van der Waals surface area contributed by atoms with Crippen LogP contribution in [-0.2, 0) is 4.74 Å². The summed E-state index contributed by atoms with van der Waals surface area (Å²) in [6.45, 7) is 3.69. The molecule has 3 aromatic heterocycles. The smallest absolute Gasteiger partial charge is 0.255 e. The zero-order valence-electron chi connectivity index (χ0n) is 17.6. The van der Waals surface area contributed by atoms with E-state index >= 15 is 0 Å². The van der Waals surface area contributed by atoms with Crippen molar-refractivity contribution in [3.05, 3.63) is 36.8 Å². The summed E-state index contributed by atoms with van der Waals surface area (Å²) in [5.74, 6) is -2.19. The van der Waals surface area contributed by atoms with Crippen LogP contribution in [0.15, 0.2) is 36.8 Å². The number of aromatic nitrogens is 4. The minimum Gasteiger partial charge on any atom is -0.378 e. The lowest BCUT2D eigenvalue weighted by Crippen LogP contribution is -2.47. The lowest BCUT2D eigenvalue weighted by Gasteiger charge is -2.32. The summed E-state index contributed by atoms with van der Waals surface area (Å²) in [6.07, 6.45) is 4.80. The molecule has 5 rings (SSSR count). The van der Waals surface area contributed by atoms with E-state index in [2.05, 4.69) is 30.5 Å². The van der Waals surface area contributed by atoms with E-state index in [9.17, 15) is 8.78 Å². The predicted molar refractivity (Wildman–Crippen MR) is 118 cm³/mol. The lowest BCUT2D eigenvalue weighted by atomic mass is 9.95. The Labute approximate surface area is 184 Å². The summed E-state index contributed by atoms with van der Waals surface area (Å²) in [5, 5.41) is 6.16. The second-order valence-electron chi connectivity index (χ2n) is 8.08. The van der Waals surface area contributed by atoms with Crippen molar-refractivity contribution >= 4 is 22.7 Å². The van der Waals surface area contributed by atoms with Crippen molar-refractivity contribution in [3.63, 3.8) is 0 Å². The fraction of sp³-hybridized carbons (Fsp3) is 0.455. The molecule has 5 heterocycles. The predicted octanol–water partition coefficient (Wildman–Crippen LogP) is 2.58. The molecular formula is C22H25F2N7O. The highest BCUT2D eigenvalue weighted by molar-refractivity contribution is 5.88. The molecule has 2 aliphatic rings. The molecule has 1 atom stereocenters. The molecule has 0 amide bonds. The maximum atomic E-state index is 14.3. The molecule has 32 heavy (non-hydrogen) atoms. The number of ether oxygens (including phenoxy) is 1. The van der Waals surface area contributed by atoms with Crippen molar-refractivity contribution in [1.29, 1.82) is 0 Å². The number of anilines is 2. The number of pyridine rings is 2. The number of halogens is 2. The fourth-order valence-corrected chi connectivity index (χ4v) is 4.09. The topological polar surface area (TPSA) is 88.1 Å². The minimum absolute atomic E-state index is 0.0936. The zero-order valence-corrected chi connectivity index (χ0v) is 17.6. The number of morpholine rings is 1. The van der Waals surface area contributed by atoms with Crippen LogP contribution in [0.2, 0.25) is 0 Å². The van der Waals surface area contributed by atoms with Crippen molar-refractivity contribution < 1.29 is 13.5 Å². The maximum absolute atomic E-state index is 14.3. The Kier molecular flexibility index (Phi) is 5.79. The van der Waals surface area contributed by atoms with E-state index in [0.29, 0.717) is 42.3 Å². The standard InChI is InChI=1S/C22H25F2N7O/c23-22(24)3-4-25-13-16(22)14-29-21-20-18(26-5-6-27-20)11-17(30-21)15-1-2-19(28-12-15)31-7-9-32-10-8-31/h1-2,5-6,11-12,16,25H,3-4,7-10,13-14H2,(H,29,30)/t16-/m0/s1. The van der Waals surface area contributed by atoms with Gasteiger partial charge in [0.05, 0.1) is 30.3 Å². The van der Waals surface area contributed by atoms with Gasteiger partial charge in [0.1, 0.15) is 11.3 Å². The van der Waals surface area contributed by atoms with E-state index in [-0.39, 0.29) is 19.5 Å². The SMILES string of the molecule is FC1(F)CCNC[C@H]1CNc1nc(-c2ccc(N3CCOCC3)nc2)cc2nccnc12. The van der Waals surface area contributed by atoms with Gasteiger partial charge in [-0.15, -0.1) is 0 Å². The summed E-state index contributed by atoms with van der Waals surface area (Å²) in [5.41, 5.74) is 2.68. The van der Waals surface area contributed by atoms with Gasteiger partial charge in [0.25, 0.3) is 5.92 Å². The first kappa shape index (κ1) is 20.9. The first-order valence-electron chi connectivity index (χ1n) is 10.8. The maximum Gasteiger partial charge on any atom is 0.255 e. The van der Waals surface area contributed by atoms with Gasteiger partial charge in [-0.05, 0) is 18.2 Å². The van der Waals surface area contributed by atoms with Gasteiger partial charge in [-0.25, -0.2) is 23.7 Å². The van der Waals surface area contributed by atoms with Crippen LogP contribution in [-0.4, -0.2) is 71.8 Å². The highest BCUT2D eigenvalue weighted by Gasteiger charge is 2.41. The summed E-state index contributed by atoms with van der Waals surface area (Å²) in [4.78, 5) is 20.2. The second kappa shape index (κ2) is 8.87. The molecule has 10 heteroatoms. The van der Waals surface area contributed by atoms with Crippen LogP contribution in [0.4, 0.5) is 20.4 Å². The number of fused-ring (bicyclic) bond motifs is 1. The third-order valence-corrected chi connectivity index (χ3v) is 5.97. The average molecular weight is 441 g/mol. The Morgan fingerprint density at radius 1 is 1.16 bits per heavy atom. The quantitative estimate of drug-likeness (QED) is 0.625. The van der Waals surface area contributed by atoms with Gasteiger partial charge in [-0.2, -0.15) is 0 Å². The molecule has 0 aliphatic carbocycles. The highest BCUT2D eigenvalue weighted by Crippen LogP contribution is 2.32. The largest absolute Gasteiger partial charge is 0.378 e. The Bertz CT molecular complexity index is 1070. The van der Waals surface area contributed by atoms with E-state index in [1.165, 1.54) is 0 Å². The van der Waals surface area contributed by atoms with Crippen LogP contribution in [0.1, 0.15) is 6.42 Å². The zero-order chi connectivity index (χ0) is 22.0. The molecule has 2 fully saturated rings. The van der Waals surface area contributed by atoms with Crippen LogP contribution in [0.3, 0.4) is 0 Å².